The topological polar surface area (TPSA) is 85.7 Å². The molecule has 0 saturated carbocycles. The van der Waals surface area contributed by atoms with Crippen LogP contribution in [0.2, 0.25) is 0 Å². The van der Waals surface area contributed by atoms with Gasteiger partial charge in [-0.25, -0.2) is 10.2 Å². The van der Waals surface area contributed by atoms with Gasteiger partial charge in [0.05, 0.1) is 0 Å². The highest BCUT2D eigenvalue weighted by atomic mass is 31.2. The van der Waals surface area contributed by atoms with Gasteiger partial charge in [0.25, 0.3) is 0 Å². The van der Waals surface area contributed by atoms with Gasteiger partial charge in [-0.15, -0.1) is 0 Å². The van der Waals surface area contributed by atoms with E-state index in [4.69, 9.17) is 23.8 Å². The second-order valence-corrected chi connectivity index (χ2v) is 7.56. The van der Waals surface area contributed by atoms with E-state index >= 15 is 0 Å². The number of nitrogens with one attached hydrogen (secondary N) is 1. The molecule has 6 nitrogen and oxygen atoms in total. The fraction of sp³-hybridized carbons (Fsp3) is 0.136. The summed E-state index contributed by atoms with van der Waals surface area (Å²) in [5.74, 6) is 1.37. The number of benzene rings is 3. The molecule has 0 aliphatic heterocycles. The SMILES string of the molecule is Cc1ccccc1OP(=O)(Oc1ccccc1C)Oc1ccccc1C.N=C=O. The number of isocyanates is 1. The normalized spacial score (nSPS) is 10.2. The van der Waals surface area contributed by atoms with E-state index in [2.05, 4.69) is 0 Å². The summed E-state index contributed by atoms with van der Waals surface area (Å²) in [5, 5.41) is 5.40. The summed E-state index contributed by atoms with van der Waals surface area (Å²) in [6, 6.07) is 22.0. The van der Waals surface area contributed by atoms with E-state index in [1.54, 1.807) is 18.2 Å². The van der Waals surface area contributed by atoms with Crippen LogP contribution < -0.4 is 13.6 Å². The summed E-state index contributed by atoms with van der Waals surface area (Å²) >= 11 is 0. The van der Waals surface area contributed by atoms with Crippen LogP contribution in [0.25, 0.3) is 0 Å². The lowest BCUT2D eigenvalue weighted by molar-refractivity contribution is 0.296. The molecule has 0 heterocycles. The summed E-state index contributed by atoms with van der Waals surface area (Å²) in [7, 11) is -3.97. The number of aryl methyl sites for hydroxylation is 3. The minimum atomic E-state index is -3.97. The molecule has 0 atom stereocenters. The van der Waals surface area contributed by atoms with E-state index in [9.17, 15) is 4.57 Å². The monoisotopic (exact) mass is 411 g/mol. The molecule has 3 rings (SSSR count). The molecule has 0 spiro atoms. The molecule has 3 aromatic carbocycles. The quantitative estimate of drug-likeness (QED) is 0.298. The highest BCUT2D eigenvalue weighted by Crippen LogP contribution is 2.51. The first-order chi connectivity index (χ1) is 13.9. The predicted octanol–water partition coefficient (Wildman–Crippen LogP) is 6.16. The van der Waals surface area contributed by atoms with E-state index in [-0.39, 0.29) is 0 Å². The summed E-state index contributed by atoms with van der Waals surface area (Å²) in [5.41, 5.74) is 2.53. The van der Waals surface area contributed by atoms with Crippen LogP contribution in [0.15, 0.2) is 72.8 Å². The van der Waals surface area contributed by atoms with Gasteiger partial charge in [-0.05, 0) is 55.7 Å². The highest BCUT2D eigenvalue weighted by molar-refractivity contribution is 7.49. The van der Waals surface area contributed by atoms with Crippen molar-refractivity contribution in [2.45, 2.75) is 20.8 Å². The Labute approximate surface area is 170 Å². The molecule has 0 amide bonds. The third-order valence-corrected chi connectivity index (χ3v) is 5.17. The lowest BCUT2D eigenvalue weighted by Crippen LogP contribution is -2.09. The number of phosphoric ester groups is 1. The van der Waals surface area contributed by atoms with E-state index in [0.29, 0.717) is 17.2 Å². The van der Waals surface area contributed by atoms with Gasteiger partial charge in [-0.2, -0.15) is 4.57 Å². The van der Waals surface area contributed by atoms with Crippen molar-refractivity contribution < 1.29 is 22.9 Å². The summed E-state index contributed by atoms with van der Waals surface area (Å²) in [6.07, 6.45) is 0.750. The highest BCUT2D eigenvalue weighted by Gasteiger charge is 2.34. The molecule has 0 radical (unpaired) electrons. The molecule has 0 bridgehead atoms. The van der Waals surface area contributed by atoms with E-state index < -0.39 is 7.82 Å². The van der Waals surface area contributed by atoms with Crippen molar-refractivity contribution in [3.05, 3.63) is 89.5 Å². The molecule has 150 valence electrons. The Morgan fingerprint density at radius 3 is 1.14 bits per heavy atom. The zero-order valence-electron chi connectivity index (χ0n) is 16.4. The number of hydrogen-bond donors (Lipinski definition) is 1. The summed E-state index contributed by atoms with van der Waals surface area (Å²) in [4.78, 5) is 8.35. The van der Waals surface area contributed by atoms with E-state index in [1.165, 1.54) is 0 Å². The Morgan fingerprint density at radius 2 is 0.897 bits per heavy atom. The standard InChI is InChI=1S/C21H21O4P.CHNO/c1-16-10-4-7-13-19(16)23-26(22,24-20-14-8-5-11-17(20)2)25-21-15-9-6-12-18(21)3;2-1-3/h4-15H,1-3H3;2H. The Kier molecular flexibility index (Phi) is 7.79. The van der Waals surface area contributed by atoms with Crippen molar-refractivity contribution in [3.8, 4) is 17.2 Å². The van der Waals surface area contributed by atoms with Gasteiger partial charge in [0.2, 0.25) is 6.08 Å². The molecule has 1 N–H and O–H groups in total. The van der Waals surface area contributed by atoms with Gasteiger partial charge < -0.3 is 13.6 Å². The van der Waals surface area contributed by atoms with Gasteiger partial charge >= 0.3 is 7.82 Å². The third-order valence-electron chi connectivity index (χ3n) is 3.91. The molecular formula is C22H22NO5P. The molecule has 3 aromatic rings. The Hall–Kier alpha value is -3.33. The fourth-order valence-corrected chi connectivity index (χ4v) is 3.84. The number of carbonyl (C=O) groups excluding carboxylic acids is 1. The number of rotatable bonds is 6. The maximum Gasteiger partial charge on any atom is 0.647 e. The molecular weight excluding hydrogens is 389 g/mol. The van der Waals surface area contributed by atoms with E-state index in [1.807, 2.05) is 75.4 Å². The molecule has 7 heteroatoms. The minimum Gasteiger partial charge on any atom is -0.386 e. The fourth-order valence-electron chi connectivity index (χ4n) is 2.39. The van der Waals surface area contributed by atoms with Crippen LogP contribution in [-0.4, -0.2) is 6.08 Å². The first kappa shape index (κ1) is 22.0. The molecule has 0 aliphatic carbocycles. The molecule has 0 aromatic heterocycles. The van der Waals surface area contributed by atoms with Crippen molar-refractivity contribution in [1.29, 1.82) is 5.41 Å². The lowest BCUT2D eigenvalue weighted by atomic mass is 10.2. The van der Waals surface area contributed by atoms with Crippen LogP contribution in [0.4, 0.5) is 0 Å². The number of para-hydroxylation sites is 3. The average molecular weight is 411 g/mol. The second-order valence-electron chi connectivity index (χ2n) is 6.12. The largest absolute Gasteiger partial charge is 0.647 e. The summed E-state index contributed by atoms with van der Waals surface area (Å²) in [6.45, 7) is 5.63. The molecule has 0 fully saturated rings. The Morgan fingerprint density at radius 1 is 0.655 bits per heavy atom. The van der Waals surface area contributed by atoms with Crippen LogP contribution >= 0.6 is 7.82 Å². The zero-order chi connectivity index (χ0) is 21.3. The van der Waals surface area contributed by atoms with E-state index in [0.717, 1.165) is 22.8 Å². The first-order valence-corrected chi connectivity index (χ1v) is 10.2. The smallest absolute Gasteiger partial charge is 0.386 e. The van der Waals surface area contributed by atoms with Crippen molar-refractivity contribution in [2.75, 3.05) is 0 Å². The number of hydrogen-bond acceptors (Lipinski definition) is 6. The third kappa shape index (κ3) is 6.35. The van der Waals surface area contributed by atoms with Crippen LogP contribution in [0.5, 0.6) is 17.2 Å². The average Bonchev–Trinajstić information content (AvgIpc) is 2.68. The van der Waals surface area contributed by atoms with Gasteiger partial charge in [0.15, 0.2) is 0 Å². The first-order valence-electron chi connectivity index (χ1n) is 8.78. The molecule has 0 unspecified atom stereocenters. The van der Waals surface area contributed by atoms with Crippen LogP contribution in [0, 0.1) is 26.2 Å². The van der Waals surface area contributed by atoms with Gasteiger partial charge in [-0.3, -0.25) is 0 Å². The second kappa shape index (κ2) is 10.3. The van der Waals surface area contributed by atoms with Crippen molar-refractivity contribution in [1.82, 2.24) is 0 Å². The molecule has 0 aliphatic rings. The maximum absolute atomic E-state index is 13.5. The molecule has 29 heavy (non-hydrogen) atoms. The van der Waals surface area contributed by atoms with Crippen LogP contribution in [0.3, 0.4) is 0 Å². The lowest BCUT2D eigenvalue weighted by Gasteiger charge is -2.21. The predicted molar refractivity (Wildman–Crippen MR) is 111 cm³/mol. The van der Waals surface area contributed by atoms with Crippen molar-refractivity contribution in [3.63, 3.8) is 0 Å². The van der Waals surface area contributed by atoms with Crippen LogP contribution in [0.1, 0.15) is 16.7 Å². The van der Waals surface area contributed by atoms with Crippen molar-refractivity contribution >= 4 is 13.9 Å². The zero-order valence-corrected chi connectivity index (χ0v) is 17.3. The summed E-state index contributed by atoms with van der Waals surface area (Å²) < 4.78 is 30.8. The molecule has 0 saturated heterocycles. The van der Waals surface area contributed by atoms with Gasteiger partial charge in [0.1, 0.15) is 17.2 Å². The Balaban J connectivity index is 0.000000941. The maximum atomic E-state index is 13.5. The van der Waals surface area contributed by atoms with Crippen LogP contribution in [-0.2, 0) is 9.36 Å². The number of phosphoric acid groups is 1. The Bertz CT molecular complexity index is 922. The van der Waals surface area contributed by atoms with Gasteiger partial charge in [0, 0.05) is 0 Å². The van der Waals surface area contributed by atoms with Crippen molar-refractivity contribution in [2.24, 2.45) is 0 Å². The minimum absolute atomic E-state index is 0.456. The van der Waals surface area contributed by atoms with Gasteiger partial charge in [-0.1, -0.05) is 54.6 Å².